The van der Waals surface area contributed by atoms with Crippen LogP contribution in [-0.2, 0) is 11.2 Å². The van der Waals surface area contributed by atoms with Crippen molar-refractivity contribution in [2.24, 2.45) is 0 Å². The van der Waals surface area contributed by atoms with Crippen LogP contribution in [0.3, 0.4) is 0 Å². The van der Waals surface area contributed by atoms with Crippen molar-refractivity contribution in [3.05, 3.63) is 62.0 Å². The van der Waals surface area contributed by atoms with Crippen LogP contribution in [0.1, 0.15) is 28.5 Å². The average Bonchev–Trinajstić information content (AvgIpc) is 2.87. The molecule has 0 unspecified atom stereocenters. The Morgan fingerprint density at radius 3 is 2.88 bits per heavy atom. The van der Waals surface area contributed by atoms with Crippen LogP contribution in [0.5, 0.6) is 0 Å². The lowest BCUT2D eigenvalue weighted by Gasteiger charge is -2.00. The third kappa shape index (κ3) is 3.86. The second kappa shape index (κ2) is 7.53. The van der Waals surface area contributed by atoms with Crippen LogP contribution in [0.25, 0.3) is 6.08 Å². The van der Waals surface area contributed by atoms with E-state index in [1.807, 2.05) is 13.8 Å². The number of thiophene rings is 1. The number of aryl methyl sites for hydroxylation is 1. The highest BCUT2D eigenvalue weighted by Gasteiger charge is 2.15. The van der Waals surface area contributed by atoms with Crippen molar-refractivity contribution in [3.63, 3.8) is 0 Å². The van der Waals surface area contributed by atoms with Crippen molar-refractivity contribution in [2.45, 2.75) is 20.3 Å². The zero-order chi connectivity index (χ0) is 17.7. The molecule has 0 aliphatic heterocycles. The van der Waals surface area contributed by atoms with Crippen molar-refractivity contribution >= 4 is 34.0 Å². The summed E-state index contributed by atoms with van der Waals surface area (Å²) < 4.78 is 0. The molecule has 2 rings (SSSR count). The van der Waals surface area contributed by atoms with E-state index >= 15 is 0 Å². The molecule has 1 aromatic carbocycles. The smallest absolute Gasteiger partial charge is 0.270 e. The highest BCUT2D eigenvalue weighted by atomic mass is 32.1. The monoisotopic (exact) mass is 341 g/mol. The minimum absolute atomic E-state index is 0.0363. The highest BCUT2D eigenvalue weighted by Crippen LogP contribution is 2.32. The molecule has 1 aromatic heterocycles. The van der Waals surface area contributed by atoms with Crippen LogP contribution >= 0.6 is 11.3 Å². The SMILES string of the molecule is CCc1c(C)sc(NC(=O)C=Cc2cccc([N+](=O)[O-])c2)c1C#N. The molecule has 0 spiro atoms. The molecule has 2 aromatic rings. The molecule has 1 N–H and O–H groups in total. The van der Waals surface area contributed by atoms with E-state index in [-0.39, 0.29) is 11.6 Å². The summed E-state index contributed by atoms with van der Waals surface area (Å²) in [4.78, 5) is 23.3. The number of nitro benzene ring substituents is 1. The quantitative estimate of drug-likeness (QED) is 0.504. The summed E-state index contributed by atoms with van der Waals surface area (Å²) in [5.74, 6) is -0.387. The van der Waals surface area contributed by atoms with E-state index in [2.05, 4.69) is 11.4 Å². The number of amides is 1. The fourth-order valence-electron chi connectivity index (χ4n) is 2.28. The minimum atomic E-state index is -0.489. The molecule has 122 valence electrons. The van der Waals surface area contributed by atoms with Gasteiger partial charge in [0.1, 0.15) is 11.1 Å². The Morgan fingerprint density at radius 2 is 2.25 bits per heavy atom. The number of rotatable bonds is 5. The van der Waals surface area contributed by atoms with Gasteiger partial charge in [0.2, 0.25) is 5.91 Å². The van der Waals surface area contributed by atoms with E-state index < -0.39 is 4.92 Å². The van der Waals surface area contributed by atoms with Crippen LogP contribution in [0.15, 0.2) is 30.3 Å². The first-order valence-corrected chi connectivity index (χ1v) is 8.03. The first-order chi connectivity index (χ1) is 11.5. The lowest BCUT2D eigenvalue weighted by molar-refractivity contribution is -0.384. The van der Waals surface area contributed by atoms with E-state index in [1.165, 1.54) is 35.6 Å². The molecule has 1 heterocycles. The zero-order valence-corrected chi connectivity index (χ0v) is 14.0. The molecule has 0 aliphatic rings. The molecule has 6 nitrogen and oxygen atoms in total. The first-order valence-electron chi connectivity index (χ1n) is 7.22. The second-order valence-electron chi connectivity index (χ2n) is 4.98. The lowest BCUT2D eigenvalue weighted by atomic mass is 10.1. The Hall–Kier alpha value is -2.98. The third-order valence-corrected chi connectivity index (χ3v) is 4.48. The normalized spacial score (nSPS) is 10.5. The van der Waals surface area contributed by atoms with Gasteiger partial charge in [-0.15, -0.1) is 11.3 Å². The number of nitriles is 1. The molecule has 0 radical (unpaired) electrons. The third-order valence-electron chi connectivity index (χ3n) is 3.42. The Bertz CT molecular complexity index is 862. The number of nitro groups is 1. The molecule has 0 saturated carbocycles. The molecule has 7 heteroatoms. The number of hydrogen-bond donors (Lipinski definition) is 1. The van der Waals surface area contributed by atoms with Crippen molar-refractivity contribution in [1.29, 1.82) is 5.26 Å². The van der Waals surface area contributed by atoms with Crippen molar-refractivity contribution in [2.75, 3.05) is 5.32 Å². The van der Waals surface area contributed by atoms with Gasteiger partial charge < -0.3 is 5.32 Å². The molecule has 1 amide bonds. The number of benzene rings is 1. The Morgan fingerprint density at radius 1 is 1.50 bits per heavy atom. The van der Waals surface area contributed by atoms with E-state index in [1.54, 1.807) is 12.1 Å². The summed E-state index contributed by atoms with van der Waals surface area (Å²) in [7, 11) is 0. The summed E-state index contributed by atoms with van der Waals surface area (Å²) in [6.45, 7) is 3.88. The fourth-order valence-corrected chi connectivity index (χ4v) is 3.38. The second-order valence-corrected chi connectivity index (χ2v) is 6.21. The highest BCUT2D eigenvalue weighted by molar-refractivity contribution is 7.16. The Labute approximate surface area is 143 Å². The molecule has 0 bridgehead atoms. The molecule has 0 fully saturated rings. The summed E-state index contributed by atoms with van der Waals surface area (Å²) >= 11 is 1.37. The van der Waals surface area contributed by atoms with E-state index in [0.717, 1.165) is 16.9 Å². The van der Waals surface area contributed by atoms with Crippen molar-refractivity contribution in [1.82, 2.24) is 0 Å². The van der Waals surface area contributed by atoms with Gasteiger partial charge in [-0.3, -0.25) is 14.9 Å². The van der Waals surface area contributed by atoms with Crippen LogP contribution in [-0.4, -0.2) is 10.8 Å². The van der Waals surface area contributed by atoms with Crippen molar-refractivity contribution < 1.29 is 9.72 Å². The first kappa shape index (κ1) is 17.4. The van der Waals surface area contributed by atoms with Crippen LogP contribution < -0.4 is 5.32 Å². The fraction of sp³-hybridized carbons (Fsp3) is 0.176. The van der Waals surface area contributed by atoms with Gasteiger partial charge in [0, 0.05) is 23.1 Å². The van der Waals surface area contributed by atoms with Crippen molar-refractivity contribution in [3.8, 4) is 6.07 Å². The van der Waals surface area contributed by atoms with E-state index in [0.29, 0.717) is 16.1 Å². The number of anilines is 1. The van der Waals surface area contributed by atoms with Gasteiger partial charge in [-0.05, 0) is 30.5 Å². The predicted molar refractivity (Wildman–Crippen MR) is 93.9 cm³/mol. The van der Waals surface area contributed by atoms with E-state index in [4.69, 9.17) is 0 Å². The maximum absolute atomic E-state index is 12.0. The van der Waals surface area contributed by atoms with Gasteiger partial charge in [-0.1, -0.05) is 19.1 Å². The Kier molecular flexibility index (Phi) is 5.45. The summed E-state index contributed by atoms with van der Waals surface area (Å²) in [6, 6.07) is 8.13. The van der Waals surface area contributed by atoms with Crippen LogP contribution in [0.2, 0.25) is 0 Å². The maximum Gasteiger partial charge on any atom is 0.270 e. The van der Waals surface area contributed by atoms with Gasteiger partial charge in [-0.25, -0.2) is 0 Å². The molecule has 0 aliphatic carbocycles. The van der Waals surface area contributed by atoms with Gasteiger partial charge in [0.15, 0.2) is 0 Å². The standard InChI is InChI=1S/C17H15N3O3S/c1-3-14-11(2)24-17(15(14)10-18)19-16(21)8-7-12-5-4-6-13(9-12)20(22)23/h4-9H,3H2,1-2H3,(H,19,21). The number of non-ortho nitro benzene ring substituents is 1. The summed E-state index contributed by atoms with van der Waals surface area (Å²) in [6.07, 6.45) is 3.51. The molecular formula is C17H15N3O3S. The maximum atomic E-state index is 12.0. The Balaban J connectivity index is 2.16. The van der Waals surface area contributed by atoms with Gasteiger partial charge >= 0.3 is 0 Å². The molecular weight excluding hydrogens is 326 g/mol. The number of hydrogen-bond acceptors (Lipinski definition) is 5. The molecule has 0 atom stereocenters. The summed E-state index contributed by atoms with van der Waals surface area (Å²) in [5, 5.41) is 23.2. The van der Waals surface area contributed by atoms with Gasteiger partial charge in [0.05, 0.1) is 10.5 Å². The van der Waals surface area contributed by atoms with Gasteiger partial charge in [0.25, 0.3) is 5.69 Å². The van der Waals surface area contributed by atoms with Crippen LogP contribution in [0, 0.1) is 28.4 Å². The average molecular weight is 341 g/mol. The number of carbonyl (C=O) groups excluding carboxylic acids is 1. The lowest BCUT2D eigenvalue weighted by Crippen LogP contribution is -2.07. The molecule has 0 saturated heterocycles. The zero-order valence-electron chi connectivity index (χ0n) is 13.2. The number of nitrogens with one attached hydrogen (secondary N) is 1. The van der Waals surface area contributed by atoms with Crippen LogP contribution in [0.4, 0.5) is 10.7 Å². The minimum Gasteiger partial charge on any atom is -0.313 e. The number of nitrogens with zero attached hydrogens (tertiary/aromatic N) is 2. The molecule has 24 heavy (non-hydrogen) atoms. The van der Waals surface area contributed by atoms with E-state index in [9.17, 15) is 20.2 Å². The predicted octanol–water partition coefficient (Wildman–Crippen LogP) is 4.05. The largest absolute Gasteiger partial charge is 0.313 e. The van der Waals surface area contributed by atoms with Gasteiger partial charge in [-0.2, -0.15) is 5.26 Å². The number of carbonyl (C=O) groups is 1. The summed E-state index contributed by atoms with van der Waals surface area (Å²) in [5.41, 5.74) is 1.96. The topological polar surface area (TPSA) is 96.0 Å².